The van der Waals surface area contributed by atoms with E-state index < -0.39 is 18.0 Å². The van der Waals surface area contributed by atoms with Crippen LogP contribution in [0.25, 0.3) is 5.53 Å². The second kappa shape index (κ2) is 4.25. The number of aliphatic hydroxyl groups is 1. The summed E-state index contributed by atoms with van der Waals surface area (Å²) in [7, 11) is 0. The molecule has 1 heterocycles. The maximum atomic E-state index is 10.8. The topological polar surface area (TPSA) is 92.2 Å². The van der Waals surface area contributed by atoms with Gasteiger partial charge in [-0.1, -0.05) is 0 Å². The van der Waals surface area contributed by atoms with Gasteiger partial charge in [0.1, 0.15) is 12.9 Å². The second-order valence-corrected chi connectivity index (χ2v) is 2.68. The van der Waals surface area contributed by atoms with E-state index in [1.807, 2.05) is 0 Å². The number of carbonyl (C=O) groups is 1. The zero-order valence-electron chi connectivity index (χ0n) is 7.14. The predicted molar refractivity (Wildman–Crippen MR) is 41.0 cm³/mol. The van der Waals surface area contributed by atoms with Crippen molar-refractivity contribution < 1.29 is 24.2 Å². The Kier molecular flexibility index (Phi) is 3.27. The van der Waals surface area contributed by atoms with Crippen molar-refractivity contribution in [2.75, 3.05) is 13.4 Å². The quantitative estimate of drug-likeness (QED) is 0.347. The molecule has 1 aliphatic rings. The molecule has 1 fully saturated rings. The summed E-state index contributed by atoms with van der Waals surface area (Å²) in [5.74, 6) is -0.495. The fourth-order valence-electron chi connectivity index (χ4n) is 1.04. The number of rotatable bonds is 3. The van der Waals surface area contributed by atoms with E-state index in [0.29, 0.717) is 0 Å². The van der Waals surface area contributed by atoms with E-state index in [1.54, 1.807) is 0 Å². The number of carbonyl (C=O) groups excluding carboxylic acids is 1. The first-order valence-electron chi connectivity index (χ1n) is 3.77. The standard InChI is InChI=1S/C7H10N2O4/c1-4(10)6(9-8)7(11)5-2-12-3-13-5/h5,7,11H,2-3H2,1H3. The molecule has 0 aromatic rings. The van der Waals surface area contributed by atoms with Gasteiger partial charge in [-0.05, 0) is 0 Å². The van der Waals surface area contributed by atoms with Crippen LogP contribution < -0.4 is 0 Å². The molecule has 1 rings (SSSR count). The molecule has 6 nitrogen and oxygen atoms in total. The third-order valence-electron chi connectivity index (χ3n) is 1.75. The summed E-state index contributed by atoms with van der Waals surface area (Å²) < 4.78 is 9.75. The molecule has 72 valence electrons. The highest BCUT2D eigenvalue weighted by molar-refractivity contribution is 6.38. The molecule has 0 saturated carbocycles. The zero-order valence-corrected chi connectivity index (χ0v) is 7.14. The molecule has 0 aromatic carbocycles. The van der Waals surface area contributed by atoms with Crippen LogP contribution in [0.3, 0.4) is 0 Å². The second-order valence-electron chi connectivity index (χ2n) is 2.68. The Hall–Kier alpha value is -1.07. The van der Waals surface area contributed by atoms with Crippen LogP contribution in [-0.4, -0.2) is 47.0 Å². The van der Waals surface area contributed by atoms with Gasteiger partial charge in [0.2, 0.25) is 5.78 Å². The molecular weight excluding hydrogens is 176 g/mol. The van der Waals surface area contributed by atoms with Crippen molar-refractivity contribution in [3.05, 3.63) is 5.53 Å². The lowest BCUT2D eigenvalue weighted by molar-refractivity contribution is -0.118. The summed E-state index contributed by atoms with van der Waals surface area (Å²) >= 11 is 0. The zero-order chi connectivity index (χ0) is 9.84. The minimum atomic E-state index is -1.23. The number of ether oxygens (including phenoxy) is 2. The van der Waals surface area contributed by atoms with Crippen LogP contribution in [0.2, 0.25) is 0 Å². The van der Waals surface area contributed by atoms with E-state index in [0.717, 1.165) is 0 Å². The number of Topliss-reactive ketones (excluding diaryl/α,β-unsaturated/α-hetero) is 1. The van der Waals surface area contributed by atoms with Crippen LogP contribution in [0.5, 0.6) is 0 Å². The van der Waals surface area contributed by atoms with Crippen molar-refractivity contribution in [2.45, 2.75) is 19.1 Å². The molecule has 1 N–H and O–H groups in total. The first-order valence-corrected chi connectivity index (χ1v) is 3.77. The van der Waals surface area contributed by atoms with Gasteiger partial charge in [0.05, 0.1) is 6.61 Å². The number of ketones is 1. The van der Waals surface area contributed by atoms with Gasteiger partial charge in [-0.15, -0.1) is 0 Å². The minimum Gasteiger partial charge on any atom is -0.378 e. The summed E-state index contributed by atoms with van der Waals surface area (Å²) in [5.41, 5.74) is 8.13. The van der Waals surface area contributed by atoms with Crippen molar-refractivity contribution in [1.29, 1.82) is 0 Å². The Morgan fingerprint density at radius 2 is 2.46 bits per heavy atom. The minimum absolute atomic E-state index is 0.0817. The number of hydrogen-bond acceptors (Lipinski definition) is 4. The van der Waals surface area contributed by atoms with Crippen molar-refractivity contribution in [3.8, 4) is 0 Å². The maximum absolute atomic E-state index is 10.8. The molecule has 0 aromatic heterocycles. The van der Waals surface area contributed by atoms with Crippen LogP contribution in [0.1, 0.15) is 6.92 Å². The Balaban J connectivity index is 2.69. The van der Waals surface area contributed by atoms with E-state index in [2.05, 4.69) is 4.79 Å². The Bertz CT molecular complexity index is 253. The average Bonchev–Trinajstić information content (AvgIpc) is 2.56. The summed E-state index contributed by atoms with van der Waals surface area (Å²) in [6, 6.07) is 0. The highest BCUT2D eigenvalue weighted by Crippen LogP contribution is 2.08. The van der Waals surface area contributed by atoms with Crippen molar-refractivity contribution >= 4 is 11.5 Å². The Morgan fingerprint density at radius 3 is 2.85 bits per heavy atom. The van der Waals surface area contributed by atoms with Gasteiger partial charge in [0, 0.05) is 6.92 Å². The van der Waals surface area contributed by atoms with Crippen LogP contribution >= 0.6 is 0 Å². The SMILES string of the molecule is CC(=O)C(=[N+]=[N-])C(O)C1COCO1. The third kappa shape index (κ3) is 2.19. The summed E-state index contributed by atoms with van der Waals surface area (Å²) in [5, 5.41) is 9.46. The molecule has 0 amide bonds. The Labute approximate surface area is 74.7 Å². The first-order chi connectivity index (χ1) is 6.16. The van der Waals surface area contributed by atoms with Gasteiger partial charge in [-0.3, -0.25) is 4.79 Å². The molecule has 2 atom stereocenters. The van der Waals surface area contributed by atoms with Crippen LogP contribution in [0.15, 0.2) is 0 Å². The van der Waals surface area contributed by atoms with E-state index in [-0.39, 0.29) is 19.1 Å². The molecule has 2 unspecified atom stereocenters. The van der Waals surface area contributed by atoms with Gasteiger partial charge in [0.15, 0.2) is 6.10 Å². The number of hydrogen-bond donors (Lipinski definition) is 1. The van der Waals surface area contributed by atoms with E-state index in [1.165, 1.54) is 6.92 Å². The lowest BCUT2D eigenvalue weighted by atomic mass is 10.1. The molecule has 6 heteroatoms. The normalized spacial score (nSPS) is 23.7. The van der Waals surface area contributed by atoms with Gasteiger partial charge in [-0.25, -0.2) is 0 Å². The Morgan fingerprint density at radius 1 is 1.77 bits per heavy atom. The predicted octanol–water partition coefficient (Wildman–Crippen LogP) is -1.02. The van der Waals surface area contributed by atoms with E-state index in [9.17, 15) is 9.90 Å². The fraction of sp³-hybridized carbons (Fsp3) is 0.714. The third-order valence-corrected chi connectivity index (χ3v) is 1.75. The lowest BCUT2D eigenvalue weighted by Crippen LogP contribution is -2.39. The van der Waals surface area contributed by atoms with Gasteiger partial charge in [-0.2, -0.15) is 4.79 Å². The number of aliphatic hydroxyl groups excluding tert-OH is 1. The molecule has 1 aliphatic heterocycles. The largest absolute Gasteiger partial charge is 0.378 e. The van der Waals surface area contributed by atoms with E-state index in [4.69, 9.17) is 15.0 Å². The molecule has 0 spiro atoms. The average molecular weight is 186 g/mol. The van der Waals surface area contributed by atoms with Crippen LogP contribution in [0, 0.1) is 0 Å². The van der Waals surface area contributed by atoms with Crippen molar-refractivity contribution in [3.63, 3.8) is 0 Å². The first kappa shape index (κ1) is 10.0. The summed E-state index contributed by atoms with van der Waals surface area (Å²) in [6.07, 6.45) is -1.86. The van der Waals surface area contributed by atoms with Crippen molar-refractivity contribution in [2.24, 2.45) is 0 Å². The lowest BCUT2D eigenvalue weighted by Gasteiger charge is -2.09. The highest BCUT2D eigenvalue weighted by atomic mass is 16.7. The highest BCUT2D eigenvalue weighted by Gasteiger charge is 2.36. The fourth-order valence-corrected chi connectivity index (χ4v) is 1.04. The smallest absolute Gasteiger partial charge is 0.364 e. The van der Waals surface area contributed by atoms with Crippen molar-refractivity contribution in [1.82, 2.24) is 0 Å². The molecular formula is C7H10N2O4. The van der Waals surface area contributed by atoms with Gasteiger partial charge < -0.3 is 20.1 Å². The molecule has 0 radical (unpaired) electrons. The monoisotopic (exact) mass is 186 g/mol. The maximum Gasteiger partial charge on any atom is 0.364 e. The van der Waals surface area contributed by atoms with E-state index >= 15 is 0 Å². The summed E-state index contributed by atoms with van der Waals surface area (Å²) in [6.45, 7) is 1.47. The van der Waals surface area contributed by atoms with Gasteiger partial charge in [0.25, 0.3) is 0 Å². The molecule has 13 heavy (non-hydrogen) atoms. The summed E-state index contributed by atoms with van der Waals surface area (Å²) in [4.78, 5) is 13.5. The van der Waals surface area contributed by atoms with Gasteiger partial charge >= 0.3 is 5.71 Å². The number of nitrogens with zero attached hydrogens (tertiary/aromatic N) is 2. The molecule has 0 aliphatic carbocycles. The molecule has 1 saturated heterocycles. The molecule has 0 bridgehead atoms. The van der Waals surface area contributed by atoms with Crippen LogP contribution in [-0.2, 0) is 14.3 Å². The van der Waals surface area contributed by atoms with Crippen LogP contribution in [0.4, 0.5) is 0 Å².